The number of benzene rings is 2. The fourth-order valence-electron chi connectivity index (χ4n) is 2.06. The molecule has 0 bridgehead atoms. The largest absolute Gasteiger partial charge is 0.391 e. The third-order valence-corrected chi connectivity index (χ3v) is 3.47. The van der Waals surface area contributed by atoms with Crippen molar-refractivity contribution in [2.45, 2.75) is 13.2 Å². The van der Waals surface area contributed by atoms with Crippen LogP contribution in [0.25, 0.3) is 0 Å². The van der Waals surface area contributed by atoms with Crippen LogP contribution in [0.2, 0.25) is 0 Å². The highest BCUT2D eigenvalue weighted by atomic mass is 79.9. The first-order chi connectivity index (χ1) is 9.11. The predicted octanol–water partition coefficient (Wildman–Crippen LogP) is 3.72. The zero-order valence-electron chi connectivity index (χ0n) is 10.6. The number of aliphatic hydroxyl groups is 1. The van der Waals surface area contributed by atoms with E-state index in [9.17, 15) is 9.50 Å². The van der Waals surface area contributed by atoms with Gasteiger partial charge in [0.2, 0.25) is 0 Å². The second-order valence-electron chi connectivity index (χ2n) is 4.38. The lowest BCUT2D eigenvalue weighted by atomic mass is 10.1. The van der Waals surface area contributed by atoms with Crippen LogP contribution in [0.3, 0.4) is 0 Å². The maximum absolute atomic E-state index is 13.6. The highest BCUT2D eigenvalue weighted by Crippen LogP contribution is 2.24. The summed E-state index contributed by atoms with van der Waals surface area (Å²) in [5, 5.41) is 9.28. The van der Waals surface area contributed by atoms with Gasteiger partial charge in [0.05, 0.1) is 6.61 Å². The molecule has 0 amide bonds. The van der Waals surface area contributed by atoms with E-state index in [1.54, 1.807) is 6.07 Å². The van der Waals surface area contributed by atoms with Gasteiger partial charge in [-0.3, -0.25) is 0 Å². The van der Waals surface area contributed by atoms with Crippen LogP contribution in [-0.2, 0) is 13.2 Å². The van der Waals surface area contributed by atoms with Gasteiger partial charge in [-0.1, -0.05) is 34.1 Å². The molecule has 0 aliphatic heterocycles. The summed E-state index contributed by atoms with van der Waals surface area (Å²) in [6.45, 7) is 0.348. The second-order valence-corrected chi connectivity index (χ2v) is 5.30. The fourth-order valence-corrected chi connectivity index (χ4v) is 2.50. The van der Waals surface area contributed by atoms with E-state index < -0.39 is 0 Å². The van der Waals surface area contributed by atoms with Crippen LogP contribution < -0.4 is 4.90 Å². The number of nitrogens with zero attached hydrogens (tertiary/aromatic N) is 1. The molecule has 2 rings (SSSR count). The first-order valence-electron chi connectivity index (χ1n) is 5.95. The van der Waals surface area contributed by atoms with Crippen molar-refractivity contribution < 1.29 is 9.50 Å². The number of aliphatic hydroxyl groups excluding tert-OH is 1. The summed E-state index contributed by atoms with van der Waals surface area (Å²) in [7, 11) is 1.88. The van der Waals surface area contributed by atoms with Crippen LogP contribution in [0.15, 0.2) is 46.9 Å². The van der Waals surface area contributed by atoms with Crippen LogP contribution >= 0.6 is 15.9 Å². The maximum atomic E-state index is 13.6. The summed E-state index contributed by atoms with van der Waals surface area (Å²) < 4.78 is 14.6. The van der Waals surface area contributed by atoms with E-state index in [0.29, 0.717) is 17.8 Å². The quantitative estimate of drug-likeness (QED) is 0.927. The van der Waals surface area contributed by atoms with Crippen molar-refractivity contribution in [3.63, 3.8) is 0 Å². The smallest absolute Gasteiger partial charge is 0.130 e. The lowest BCUT2D eigenvalue weighted by molar-refractivity contribution is 0.276. The van der Waals surface area contributed by atoms with Gasteiger partial charge in [0, 0.05) is 29.3 Å². The van der Waals surface area contributed by atoms with Crippen LogP contribution in [0.4, 0.5) is 10.1 Å². The van der Waals surface area contributed by atoms with Crippen LogP contribution in [-0.4, -0.2) is 12.2 Å². The van der Waals surface area contributed by atoms with Gasteiger partial charge in [0.15, 0.2) is 0 Å². The molecule has 2 nitrogen and oxygen atoms in total. The van der Waals surface area contributed by atoms with E-state index in [2.05, 4.69) is 15.9 Å². The van der Waals surface area contributed by atoms with E-state index >= 15 is 0 Å². The van der Waals surface area contributed by atoms with Crippen LogP contribution in [0, 0.1) is 5.82 Å². The van der Waals surface area contributed by atoms with E-state index in [-0.39, 0.29) is 12.4 Å². The molecule has 0 aliphatic rings. The van der Waals surface area contributed by atoms with Crippen LogP contribution in [0.5, 0.6) is 0 Å². The fraction of sp³-hybridized carbons (Fsp3) is 0.200. The van der Waals surface area contributed by atoms with Crippen molar-refractivity contribution in [3.05, 3.63) is 63.9 Å². The topological polar surface area (TPSA) is 23.5 Å². The monoisotopic (exact) mass is 323 g/mol. The standard InChI is InChI=1S/C15H15BrFNO/c1-18(9-11-4-2-5-12(16)8-11)15-7-3-6-14(17)13(15)10-19/h2-8,19H,9-10H2,1H3. The summed E-state index contributed by atoms with van der Waals surface area (Å²) in [6, 6.07) is 12.8. The molecular formula is C15H15BrFNO. The Labute approximate surface area is 120 Å². The first-order valence-corrected chi connectivity index (χ1v) is 6.75. The highest BCUT2D eigenvalue weighted by Gasteiger charge is 2.11. The summed E-state index contributed by atoms with van der Waals surface area (Å²) >= 11 is 3.43. The summed E-state index contributed by atoms with van der Waals surface area (Å²) in [5.41, 5.74) is 2.16. The minimum atomic E-state index is -0.374. The van der Waals surface area contributed by atoms with Gasteiger partial charge in [-0.25, -0.2) is 4.39 Å². The molecular weight excluding hydrogens is 309 g/mol. The van der Waals surface area contributed by atoms with Crippen molar-refractivity contribution in [3.8, 4) is 0 Å². The van der Waals surface area contributed by atoms with Crippen LogP contribution in [0.1, 0.15) is 11.1 Å². The Morgan fingerprint density at radius 3 is 2.63 bits per heavy atom. The summed E-state index contributed by atoms with van der Waals surface area (Å²) in [6.07, 6.45) is 0. The number of hydrogen-bond acceptors (Lipinski definition) is 2. The zero-order valence-corrected chi connectivity index (χ0v) is 12.2. The molecule has 0 unspecified atom stereocenters. The van der Waals surface area contributed by atoms with Gasteiger partial charge < -0.3 is 10.0 Å². The van der Waals surface area contributed by atoms with Gasteiger partial charge >= 0.3 is 0 Å². The van der Waals surface area contributed by atoms with Crippen molar-refractivity contribution in [1.82, 2.24) is 0 Å². The third-order valence-electron chi connectivity index (χ3n) is 2.97. The lowest BCUT2D eigenvalue weighted by Crippen LogP contribution is -2.18. The Morgan fingerprint density at radius 1 is 1.21 bits per heavy atom. The molecule has 0 fully saturated rings. The Hall–Kier alpha value is -1.39. The summed E-state index contributed by atoms with van der Waals surface area (Å²) in [4.78, 5) is 1.93. The molecule has 19 heavy (non-hydrogen) atoms. The predicted molar refractivity (Wildman–Crippen MR) is 78.6 cm³/mol. The molecule has 0 aromatic heterocycles. The van der Waals surface area contributed by atoms with Gasteiger partial charge in [0.25, 0.3) is 0 Å². The molecule has 0 heterocycles. The van der Waals surface area contributed by atoms with E-state index in [1.165, 1.54) is 6.07 Å². The highest BCUT2D eigenvalue weighted by molar-refractivity contribution is 9.10. The minimum absolute atomic E-state index is 0.301. The normalized spacial score (nSPS) is 10.5. The average Bonchev–Trinajstić information content (AvgIpc) is 2.38. The average molecular weight is 324 g/mol. The van der Waals surface area contributed by atoms with Crippen molar-refractivity contribution in [2.75, 3.05) is 11.9 Å². The Balaban J connectivity index is 2.25. The number of anilines is 1. The van der Waals surface area contributed by atoms with Gasteiger partial charge in [-0.15, -0.1) is 0 Å². The third kappa shape index (κ3) is 3.33. The molecule has 0 saturated carbocycles. The molecule has 4 heteroatoms. The maximum Gasteiger partial charge on any atom is 0.130 e. The molecule has 0 aliphatic carbocycles. The molecule has 0 spiro atoms. The van der Waals surface area contributed by atoms with Crippen molar-refractivity contribution in [1.29, 1.82) is 0 Å². The van der Waals surface area contributed by atoms with E-state index in [0.717, 1.165) is 10.0 Å². The SMILES string of the molecule is CN(Cc1cccc(Br)c1)c1cccc(F)c1CO. The zero-order chi connectivity index (χ0) is 13.8. The Morgan fingerprint density at radius 2 is 1.95 bits per heavy atom. The molecule has 1 N–H and O–H groups in total. The Kier molecular flexibility index (Phi) is 4.56. The van der Waals surface area contributed by atoms with Gasteiger partial charge in [0.1, 0.15) is 5.82 Å². The van der Waals surface area contributed by atoms with Crippen molar-refractivity contribution in [2.24, 2.45) is 0 Å². The van der Waals surface area contributed by atoms with Gasteiger partial charge in [-0.05, 0) is 29.8 Å². The minimum Gasteiger partial charge on any atom is -0.391 e. The molecule has 0 radical (unpaired) electrons. The molecule has 2 aromatic carbocycles. The van der Waals surface area contributed by atoms with Gasteiger partial charge in [-0.2, -0.15) is 0 Å². The Bertz CT molecular complexity index is 574. The molecule has 100 valence electrons. The molecule has 2 aromatic rings. The number of halogens is 2. The first kappa shape index (κ1) is 14.0. The van der Waals surface area contributed by atoms with E-state index in [4.69, 9.17) is 0 Å². The molecule has 0 atom stereocenters. The molecule has 0 saturated heterocycles. The van der Waals surface area contributed by atoms with Crippen molar-refractivity contribution >= 4 is 21.6 Å². The second kappa shape index (κ2) is 6.17. The summed E-state index contributed by atoms with van der Waals surface area (Å²) in [5.74, 6) is -0.374. The van der Waals surface area contributed by atoms with E-state index in [1.807, 2.05) is 42.3 Å². The number of rotatable bonds is 4. The lowest BCUT2D eigenvalue weighted by Gasteiger charge is -2.22. The number of hydrogen-bond donors (Lipinski definition) is 1.